The Hall–Kier alpha value is -1.94. The molecule has 0 radical (unpaired) electrons. The highest BCUT2D eigenvalue weighted by Gasteiger charge is 2.63. The predicted octanol–water partition coefficient (Wildman–Crippen LogP) is 3.81. The Morgan fingerprint density at radius 3 is 2.48 bits per heavy atom. The maximum absolute atomic E-state index is 13.4. The molecule has 0 fully saturated rings. The van der Waals surface area contributed by atoms with E-state index in [9.17, 15) is 27.9 Å². The minimum atomic E-state index is -5.16. The lowest BCUT2D eigenvalue weighted by atomic mass is 10.0. The van der Waals surface area contributed by atoms with E-state index in [1.165, 1.54) is 12.1 Å². The third-order valence-electron chi connectivity index (χ3n) is 4.05. The number of benzene rings is 1. The molecule has 1 aliphatic heterocycles. The van der Waals surface area contributed by atoms with E-state index in [0.29, 0.717) is 6.42 Å². The van der Waals surface area contributed by atoms with Crippen LogP contribution < -0.4 is 5.32 Å². The number of carbonyl (C=O) groups excluding carboxylic acids is 2. The first-order valence-electron chi connectivity index (χ1n) is 8.35. The number of nitrogens with zero attached hydrogens (tertiary/aromatic N) is 2. The molecule has 27 heavy (non-hydrogen) atoms. The number of alkyl halides is 3. The first-order valence-corrected chi connectivity index (χ1v) is 9.14. The molecule has 148 valence electrons. The summed E-state index contributed by atoms with van der Waals surface area (Å²) in [5, 5.41) is 15.8. The minimum absolute atomic E-state index is 0.0352. The van der Waals surface area contributed by atoms with E-state index in [1.807, 2.05) is 6.92 Å². The fourth-order valence-corrected chi connectivity index (χ4v) is 2.85. The number of hydrogen-bond donors (Lipinski definition) is 2. The van der Waals surface area contributed by atoms with Gasteiger partial charge >= 0.3 is 18.0 Å². The number of amides is 2. The highest BCUT2D eigenvalue weighted by molar-refractivity contribution is 9.10. The number of nitrogens with one attached hydrogen (secondary N) is 1. The summed E-state index contributed by atoms with van der Waals surface area (Å²) in [5.74, 6) is -2.90. The number of halogens is 4. The van der Waals surface area contributed by atoms with Crippen molar-refractivity contribution < 1.29 is 27.9 Å². The van der Waals surface area contributed by atoms with Gasteiger partial charge in [0.25, 0.3) is 5.72 Å². The molecule has 0 unspecified atom stereocenters. The number of hydrogen-bond acceptors (Lipinski definition) is 4. The molecule has 2 N–H and O–H groups in total. The Morgan fingerprint density at radius 2 is 1.93 bits per heavy atom. The quantitative estimate of drug-likeness (QED) is 0.529. The fraction of sp³-hybridized carbons (Fsp3) is 0.471. The Morgan fingerprint density at radius 1 is 1.30 bits per heavy atom. The van der Waals surface area contributed by atoms with Crippen LogP contribution in [0, 0.1) is 0 Å². The van der Waals surface area contributed by atoms with Crippen LogP contribution in [0.2, 0.25) is 0 Å². The van der Waals surface area contributed by atoms with Gasteiger partial charge in [0.1, 0.15) is 0 Å². The van der Waals surface area contributed by atoms with Crippen molar-refractivity contribution in [2.24, 2.45) is 5.10 Å². The molecule has 2 rings (SSSR count). The Labute approximate surface area is 162 Å². The first-order chi connectivity index (χ1) is 12.6. The molecule has 6 nitrogen and oxygen atoms in total. The van der Waals surface area contributed by atoms with Gasteiger partial charge in [-0.2, -0.15) is 23.3 Å². The molecule has 0 saturated carbocycles. The summed E-state index contributed by atoms with van der Waals surface area (Å²) in [4.78, 5) is 24.4. The van der Waals surface area contributed by atoms with Crippen LogP contribution in [0.3, 0.4) is 0 Å². The average molecular weight is 450 g/mol. The van der Waals surface area contributed by atoms with Crippen LogP contribution >= 0.6 is 15.9 Å². The second kappa shape index (κ2) is 8.39. The van der Waals surface area contributed by atoms with E-state index in [2.05, 4.69) is 26.3 Å². The molecule has 2 amide bonds. The third kappa shape index (κ3) is 4.86. The van der Waals surface area contributed by atoms with Crippen molar-refractivity contribution in [3.63, 3.8) is 0 Å². The summed E-state index contributed by atoms with van der Waals surface area (Å²) in [7, 11) is 0. The van der Waals surface area contributed by atoms with Crippen molar-refractivity contribution >= 4 is 39.1 Å². The summed E-state index contributed by atoms with van der Waals surface area (Å²) < 4.78 is 40.9. The van der Waals surface area contributed by atoms with Crippen molar-refractivity contribution in [2.75, 3.05) is 5.32 Å². The van der Waals surface area contributed by atoms with Crippen molar-refractivity contribution in [2.45, 2.75) is 50.9 Å². The summed E-state index contributed by atoms with van der Waals surface area (Å²) >= 11 is 3.20. The molecule has 0 aromatic heterocycles. The van der Waals surface area contributed by atoms with Gasteiger partial charge < -0.3 is 10.4 Å². The summed E-state index contributed by atoms with van der Waals surface area (Å²) in [5.41, 5.74) is -3.27. The zero-order valence-electron chi connectivity index (χ0n) is 14.5. The van der Waals surface area contributed by atoms with E-state index >= 15 is 0 Å². The van der Waals surface area contributed by atoms with Crippen LogP contribution in [0.1, 0.15) is 39.0 Å². The maximum Gasteiger partial charge on any atom is 0.438 e. The van der Waals surface area contributed by atoms with Crippen LogP contribution in [0.15, 0.2) is 33.8 Å². The SMILES string of the molecule is CCCCCC1=NN(C(=O)C(=O)Nc2ccc(Br)cc2)[C@@](O)(C(F)(F)F)C1. The van der Waals surface area contributed by atoms with Crippen LogP contribution in [0.25, 0.3) is 0 Å². The Balaban J connectivity index is 2.20. The van der Waals surface area contributed by atoms with Crippen LogP contribution in [0.4, 0.5) is 18.9 Å². The molecular formula is C17H19BrF3N3O3. The van der Waals surface area contributed by atoms with Crippen molar-refractivity contribution in [3.05, 3.63) is 28.7 Å². The van der Waals surface area contributed by atoms with Crippen molar-refractivity contribution in [3.8, 4) is 0 Å². The first kappa shape index (κ1) is 21.4. The van der Waals surface area contributed by atoms with Gasteiger partial charge in [-0.3, -0.25) is 9.59 Å². The number of carbonyl (C=O) groups is 2. The normalized spacial score (nSPS) is 19.8. The smallest absolute Gasteiger partial charge is 0.362 e. The lowest BCUT2D eigenvalue weighted by molar-refractivity contribution is -0.301. The standard InChI is InChI=1S/C17H19BrF3N3O3/c1-2-3-4-5-13-10-16(27,17(19,20)21)24(23-13)15(26)14(25)22-12-8-6-11(18)7-9-12/h6-9,27H,2-5,10H2,1H3,(H,22,25)/t16-/m0/s1. The number of hydrazone groups is 1. The largest absolute Gasteiger partial charge is 0.438 e. The molecule has 0 spiro atoms. The van der Waals surface area contributed by atoms with Crippen LogP contribution in [-0.4, -0.2) is 39.5 Å². The number of unbranched alkanes of at least 4 members (excludes halogenated alkanes) is 2. The van der Waals surface area contributed by atoms with Gasteiger partial charge in [-0.25, -0.2) is 0 Å². The zero-order valence-corrected chi connectivity index (χ0v) is 16.1. The third-order valence-corrected chi connectivity index (χ3v) is 4.58. The topological polar surface area (TPSA) is 82.0 Å². The summed E-state index contributed by atoms with van der Waals surface area (Å²) in [6.45, 7) is 1.94. The van der Waals surface area contributed by atoms with Crippen molar-refractivity contribution in [1.82, 2.24) is 5.01 Å². The molecule has 1 heterocycles. The van der Waals surface area contributed by atoms with E-state index in [0.717, 1.165) is 17.3 Å². The fourth-order valence-electron chi connectivity index (χ4n) is 2.58. The molecule has 1 atom stereocenters. The lowest BCUT2D eigenvalue weighted by Gasteiger charge is -2.32. The van der Waals surface area contributed by atoms with Gasteiger partial charge in [0, 0.05) is 22.3 Å². The van der Waals surface area contributed by atoms with Crippen LogP contribution in [0.5, 0.6) is 0 Å². The van der Waals surface area contributed by atoms with Gasteiger partial charge in [0.15, 0.2) is 0 Å². The monoisotopic (exact) mass is 449 g/mol. The van der Waals surface area contributed by atoms with Crippen LogP contribution in [-0.2, 0) is 9.59 Å². The van der Waals surface area contributed by atoms with Gasteiger partial charge in [-0.05, 0) is 37.1 Å². The number of rotatable bonds is 5. The Kier molecular flexibility index (Phi) is 6.63. The molecule has 1 aromatic rings. The van der Waals surface area contributed by atoms with E-state index in [4.69, 9.17) is 0 Å². The molecule has 0 bridgehead atoms. The maximum atomic E-state index is 13.4. The minimum Gasteiger partial charge on any atom is -0.362 e. The zero-order chi connectivity index (χ0) is 20.2. The van der Waals surface area contributed by atoms with E-state index in [1.54, 1.807) is 12.1 Å². The van der Waals surface area contributed by atoms with E-state index in [-0.39, 0.29) is 22.8 Å². The molecule has 0 saturated heterocycles. The molecule has 0 aliphatic carbocycles. The lowest BCUT2D eigenvalue weighted by Crippen LogP contribution is -2.58. The Bertz CT molecular complexity index is 737. The molecule has 1 aliphatic rings. The van der Waals surface area contributed by atoms with E-state index < -0.39 is 30.1 Å². The van der Waals surface area contributed by atoms with Gasteiger partial charge in [0.2, 0.25) is 0 Å². The predicted molar refractivity (Wildman–Crippen MR) is 96.8 cm³/mol. The summed E-state index contributed by atoms with van der Waals surface area (Å²) in [6.07, 6.45) is -3.59. The number of anilines is 1. The van der Waals surface area contributed by atoms with Gasteiger partial charge in [-0.15, -0.1) is 0 Å². The number of aliphatic hydroxyl groups is 1. The molecule has 1 aromatic carbocycles. The highest BCUT2D eigenvalue weighted by Crippen LogP contribution is 2.41. The summed E-state index contributed by atoms with van der Waals surface area (Å²) in [6, 6.07) is 6.11. The van der Waals surface area contributed by atoms with Gasteiger partial charge in [0.05, 0.1) is 0 Å². The second-order valence-electron chi connectivity index (χ2n) is 6.19. The molecule has 10 heteroatoms. The molecular weight excluding hydrogens is 431 g/mol. The van der Waals surface area contributed by atoms with Crippen molar-refractivity contribution in [1.29, 1.82) is 0 Å². The second-order valence-corrected chi connectivity index (χ2v) is 7.11. The average Bonchev–Trinajstić information content (AvgIpc) is 2.94. The highest BCUT2D eigenvalue weighted by atomic mass is 79.9. The van der Waals surface area contributed by atoms with Gasteiger partial charge in [-0.1, -0.05) is 35.7 Å².